The van der Waals surface area contributed by atoms with E-state index in [0.717, 1.165) is 11.5 Å². The fourth-order valence-electron chi connectivity index (χ4n) is 1.36. The van der Waals surface area contributed by atoms with Crippen molar-refractivity contribution in [1.29, 1.82) is 0 Å². The molecule has 1 aliphatic rings. The summed E-state index contributed by atoms with van der Waals surface area (Å²) in [5, 5.41) is 0. The van der Waals surface area contributed by atoms with Gasteiger partial charge in [-0.1, -0.05) is 0 Å². The summed E-state index contributed by atoms with van der Waals surface area (Å²) in [6, 6.07) is 6.36. The Balaban J connectivity index is 2.42. The Bertz CT molecular complexity index is 328. The fraction of sp³-hybridized carbons (Fsp3) is 0.400. The molecule has 0 aromatic heterocycles. The molecule has 0 radical (unpaired) electrons. The number of fused-ring (bicyclic) bond motifs is 1. The van der Waals surface area contributed by atoms with Crippen LogP contribution in [-0.4, -0.2) is 25.2 Å². The maximum absolute atomic E-state index is 5.35. The Morgan fingerprint density at radius 1 is 1.08 bits per heavy atom. The molecule has 0 unspecified atom stereocenters. The Morgan fingerprint density at radius 3 is 2.46 bits per heavy atom. The van der Waals surface area contributed by atoms with Gasteiger partial charge in [-0.15, -0.1) is 0 Å². The van der Waals surface area contributed by atoms with Crippen LogP contribution in [0.5, 0.6) is 11.5 Å². The third-order valence-corrected chi connectivity index (χ3v) is 8.07. The van der Waals surface area contributed by atoms with E-state index in [1.807, 2.05) is 6.07 Å². The number of ether oxygens (including phenoxy) is 2. The Hall–Kier alpha value is -0.381. The maximum atomic E-state index is 5.35. The average molecular weight is 285 g/mol. The van der Waals surface area contributed by atoms with Crippen molar-refractivity contribution in [3.05, 3.63) is 18.2 Å². The van der Waals surface area contributed by atoms with E-state index in [9.17, 15) is 0 Å². The van der Waals surface area contributed by atoms with Gasteiger partial charge in [-0.2, -0.15) is 0 Å². The molecule has 0 saturated heterocycles. The van der Waals surface area contributed by atoms with Gasteiger partial charge in [-0.25, -0.2) is 0 Å². The second-order valence-corrected chi connectivity index (χ2v) is 18.8. The van der Waals surface area contributed by atoms with E-state index in [1.165, 1.54) is 3.58 Å². The van der Waals surface area contributed by atoms with Crippen molar-refractivity contribution < 1.29 is 9.47 Å². The van der Waals surface area contributed by atoms with Gasteiger partial charge in [0.2, 0.25) is 0 Å². The van der Waals surface area contributed by atoms with E-state index in [4.69, 9.17) is 9.47 Å². The summed E-state index contributed by atoms with van der Waals surface area (Å²) in [5.74, 6) is 1.81. The summed E-state index contributed by atoms with van der Waals surface area (Å²) in [4.78, 5) is 7.19. The predicted molar refractivity (Wildman–Crippen MR) is 55.5 cm³/mol. The molecular formula is C10H14O2Sn. The van der Waals surface area contributed by atoms with E-state index < -0.39 is 18.4 Å². The Morgan fingerprint density at radius 2 is 1.77 bits per heavy atom. The molecule has 2 rings (SSSR count). The van der Waals surface area contributed by atoms with Crippen molar-refractivity contribution >= 4 is 22.0 Å². The third kappa shape index (κ3) is 1.77. The van der Waals surface area contributed by atoms with Crippen LogP contribution in [-0.2, 0) is 0 Å². The predicted octanol–water partition coefficient (Wildman–Crippen LogP) is 1.96. The van der Waals surface area contributed by atoms with Gasteiger partial charge in [-0.05, 0) is 0 Å². The zero-order chi connectivity index (χ0) is 9.47. The molecule has 0 aliphatic carbocycles. The number of hydrogen-bond donors (Lipinski definition) is 0. The monoisotopic (exact) mass is 286 g/mol. The third-order valence-electron chi connectivity index (χ3n) is 2.24. The van der Waals surface area contributed by atoms with Crippen molar-refractivity contribution in [3.8, 4) is 11.5 Å². The van der Waals surface area contributed by atoms with Crippen molar-refractivity contribution in [2.45, 2.75) is 14.8 Å². The second-order valence-electron chi connectivity index (χ2n) is 4.32. The van der Waals surface area contributed by atoms with Gasteiger partial charge in [0.1, 0.15) is 0 Å². The Labute approximate surface area is 82.7 Å². The quantitative estimate of drug-likeness (QED) is 0.734. The minimum absolute atomic E-state index is 0.373. The van der Waals surface area contributed by atoms with Crippen molar-refractivity contribution in [3.63, 3.8) is 0 Å². The molecule has 0 bridgehead atoms. The van der Waals surface area contributed by atoms with E-state index in [0.29, 0.717) is 6.79 Å². The molecule has 1 heterocycles. The first-order valence-electron chi connectivity index (χ1n) is 4.47. The molecule has 1 aromatic carbocycles. The molecule has 3 heteroatoms. The van der Waals surface area contributed by atoms with Gasteiger partial charge in [-0.3, -0.25) is 0 Å². The number of benzene rings is 1. The molecule has 0 saturated carbocycles. The first-order chi connectivity index (χ1) is 6.07. The van der Waals surface area contributed by atoms with Crippen LogP contribution in [0.1, 0.15) is 0 Å². The number of hydrogen-bond acceptors (Lipinski definition) is 2. The minimum atomic E-state index is -1.92. The molecule has 0 fully saturated rings. The molecule has 0 spiro atoms. The van der Waals surface area contributed by atoms with Gasteiger partial charge in [0.05, 0.1) is 0 Å². The first-order valence-corrected chi connectivity index (χ1v) is 14.5. The molecule has 13 heavy (non-hydrogen) atoms. The molecule has 1 aromatic rings. The normalized spacial score (nSPS) is 14.7. The van der Waals surface area contributed by atoms with Crippen LogP contribution in [0.2, 0.25) is 14.8 Å². The van der Waals surface area contributed by atoms with Crippen LogP contribution in [0.4, 0.5) is 0 Å². The summed E-state index contributed by atoms with van der Waals surface area (Å²) in [5.41, 5.74) is 0. The van der Waals surface area contributed by atoms with E-state index in [1.54, 1.807) is 0 Å². The van der Waals surface area contributed by atoms with Gasteiger partial charge < -0.3 is 0 Å². The summed E-state index contributed by atoms with van der Waals surface area (Å²) in [7, 11) is 0. The van der Waals surface area contributed by atoms with E-state index in [2.05, 4.69) is 27.0 Å². The molecule has 0 atom stereocenters. The summed E-state index contributed by atoms with van der Waals surface area (Å²) < 4.78 is 12.1. The topological polar surface area (TPSA) is 18.5 Å². The van der Waals surface area contributed by atoms with Gasteiger partial charge in [0.15, 0.2) is 0 Å². The molecule has 0 amide bonds. The van der Waals surface area contributed by atoms with Crippen LogP contribution in [0.3, 0.4) is 0 Å². The molecule has 0 N–H and O–H groups in total. The molecule has 2 nitrogen and oxygen atoms in total. The SMILES string of the molecule is [CH3][Sn]([CH3])([CH3])[c]1ccc2c(c1)OCO2. The zero-order valence-corrected chi connectivity index (χ0v) is 11.1. The van der Waals surface area contributed by atoms with Gasteiger partial charge >= 0.3 is 82.7 Å². The fourth-order valence-corrected chi connectivity index (χ4v) is 4.64. The van der Waals surface area contributed by atoms with Crippen LogP contribution < -0.4 is 13.1 Å². The van der Waals surface area contributed by atoms with Gasteiger partial charge in [0, 0.05) is 0 Å². The van der Waals surface area contributed by atoms with Crippen LogP contribution in [0, 0.1) is 0 Å². The molecular weight excluding hydrogens is 271 g/mol. The van der Waals surface area contributed by atoms with E-state index in [-0.39, 0.29) is 0 Å². The molecule has 1 aliphatic heterocycles. The standard InChI is InChI=1S/C7H5O2.3CH3.Sn/c1-2-4-7-6(3-1)8-5-9-7;;;;/h1,3-4H,5H2;3*1H3;. The van der Waals surface area contributed by atoms with Gasteiger partial charge in [0.25, 0.3) is 0 Å². The van der Waals surface area contributed by atoms with Crippen LogP contribution in [0.15, 0.2) is 18.2 Å². The summed E-state index contributed by atoms with van der Waals surface area (Å²) >= 11 is -1.92. The molecule has 70 valence electrons. The second kappa shape index (κ2) is 3.08. The Kier molecular flexibility index (Phi) is 2.18. The first kappa shape index (κ1) is 9.18. The van der Waals surface area contributed by atoms with E-state index >= 15 is 0 Å². The zero-order valence-electron chi connectivity index (χ0n) is 8.26. The average Bonchev–Trinajstić information content (AvgIpc) is 2.47. The van der Waals surface area contributed by atoms with Crippen LogP contribution in [0.25, 0.3) is 0 Å². The van der Waals surface area contributed by atoms with Crippen molar-refractivity contribution in [1.82, 2.24) is 0 Å². The van der Waals surface area contributed by atoms with Crippen LogP contribution >= 0.6 is 0 Å². The summed E-state index contributed by atoms with van der Waals surface area (Å²) in [6.07, 6.45) is 0. The summed E-state index contributed by atoms with van der Waals surface area (Å²) in [6.45, 7) is 0.373. The van der Waals surface area contributed by atoms with Crippen molar-refractivity contribution in [2.75, 3.05) is 6.79 Å². The number of rotatable bonds is 1. The van der Waals surface area contributed by atoms with Crippen molar-refractivity contribution in [2.24, 2.45) is 0 Å².